The number of aldehydes is 1. The lowest BCUT2D eigenvalue weighted by molar-refractivity contribution is -0.155. The van der Waals surface area contributed by atoms with E-state index in [2.05, 4.69) is 33.8 Å². The quantitative estimate of drug-likeness (QED) is 0.383. The summed E-state index contributed by atoms with van der Waals surface area (Å²) in [6, 6.07) is 9.22. The highest BCUT2D eigenvalue weighted by molar-refractivity contribution is 5.74. The van der Waals surface area contributed by atoms with Gasteiger partial charge in [0.25, 0.3) is 0 Å². The van der Waals surface area contributed by atoms with Crippen molar-refractivity contribution in [3.8, 4) is 0 Å². The second kappa shape index (κ2) is 7.61. The van der Waals surface area contributed by atoms with Gasteiger partial charge in [-0.1, -0.05) is 69.2 Å². The smallest absolute Gasteiger partial charge is 0.307 e. The summed E-state index contributed by atoms with van der Waals surface area (Å²) in [5.41, 5.74) is 2.43. The van der Waals surface area contributed by atoms with Crippen molar-refractivity contribution >= 4 is 12.3 Å². The normalized spacial score (nSPS) is 30.6. The van der Waals surface area contributed by atoms with Gasteiger partial charge in [-0.05, 0) is 54.4 Å². The molecule has 2 unspecified atom stereocenters. The highest BCUT2D eigenvalue weighted by Gasteiger charge is 2.52. The Balaban J connectivity index is 1.77. The average Bonchev–Trinajstić information content (AvgIpc) is 2.63. The fraction of sp³-hybridized carbons (Fsp3) is 0.583. The van der Waals surface area contributed by atoms with E-state index in [1.807, 2.05) is 30.3 Å². The summed E-state index contributed by atoms with van der Waals surface area (Å²) in [5, 5.41) is 0. The van der Waals surface area contributed by atoms with Gasteiger partial charge >= 0.3 is 5.97 Å². The maximum absolute atomic E-state index is 12.8. The molecule has 0 amide bonds. The summed E-state index contributed by atoms with van der Waals surface area (Å²) in [6.07, 6.45) is 7.28. The van der Waals surface area contributed by atoms with Crippen LogP contribution in [0.4, 0.5) is 0 Å². The van der Waals surface area contributed by atoms with Gasteiger partial charge in [0, 0.05) is 0 Å². The van der Waals surface area contributed by atoms with Gasteiger partial charge in [0.2, 0.25) is 0 Å². The first-order valence-electron chi connectivity index (χ1n) is 10.1. The average molecular weight is 369 g/mol. The summed E-state index contributed by atoms with van der Waals surface area (Å²) in [7, 11) is 0. The molecule has 4 atom stereocenters. The number of ether oxygens (including phenoxy) is 1. The van der Waals surface area contributed by atoms with Crippen LogP contribution in [0.2, 0.25) is 0 Å². The van der Waals surface area contributed by atoms with E-state index in [9.17, 15) is 9.59 Å². The molecule has 0 aliphatic heterocycles. The van der Waals surface area contributed by atoms with E-state index in [0.29, 0.717) is 24.0 Å². The Kier molecular flexibility index (Phi) is 5.60. The Morgan fingerprint density at radius 2 is 1.93 bits per heavy atom. The third-order valence-electron chi connectivity index (χ3n) is 7.18. The molecule has 3 heteroatoms. The fourth-order valence-electron chi connectivity index (χ4n) is 5.71. The molecule has 0 saturated heterocycles. The Labute approximate surface area is 163 Å². The molecule has 2 aliphatic carbocycles. The van der Waals surface area contributed by atoms with Crippen LogP contribution in [0, 0.1) is 22.7 Å². The standard InChI is InChI=1S/C24H32O3/c1-17-11-12-21-23(2,3)13-8-14-24(21,4)19(17)15-22(26)27-20(16-25)18-9-6-5-7-10-18/h5-7,9-11,16,19-21H,8,12-15H2,1-4H3/t19?,20-,21?,24+/m0/s1. The topological polar surface area (TPSA) is 43.4 Å². The van der Waals surface area contributed by atoms with E-state index >= 15 is 0 Å². The number of benzene rings is 1. The van der Waals surface area contributed by atoms with Gasteiger partial charge in [0.05, 0.1) is 6.42 Å². The number of allylic oxidation sites excluding steroid dienone is 2. The van der Waals surface area contributed by atoms with Crippen LogP contribution in [0.25, 0.3) is 0 Å². The zero-order valence-corrected chi connectivity index (χ0v) is 17.0. The van der Waals surface area contributed by atoms with Crippen LogP contribution in [-0.4, -0.2) is 12.3 Å². The Morgan fingerprint density at radius 1 is 1.22 bits per heavy atom. The summed E-state index contributed by atoms with van der Waals surface area (Å²) in [5.74, 6) is 0.488. The molecule has 1 aromatic carbocycles. The highest BCUT2D eigenvalue weighted by Crippen LogP contribution is 2.60. The minimum atomic E-state index is -0.821. The fourth-order valence-corrected chi connectivity index (χ4v) is 5.71. The monoisotopic (exact) mass is 368 g/mol. The highest BCUT2D eigenvalue weighted by atomic mass is 16.5. The number of carbonyl (C=O) groups excluding carboxylic acids is 2. The van der Waals surface area contributed by atoms with Crippen LogP contribution in [0.5, 0.6) is 0 Å². The molecule has 0 spiro atoms. The van der Waals surface area contributed by atoms with Crippen molar-refractivity contribution in [3.63, 3.8) is 0 Å². The Bertz CT molecular complexity index is 718. The van der Waals surface area contributed by atoms with Crippen molar-refractivity contribution < 1.29 is 14.3 Å². The second-order valence-electron chi connectivity index (χ2n) is 9.30. The van der Waals surface area contributed by atoms with Crippen molar-refractivity contribution in [2.24, 2.45) is 22.7 Å². The van der Waals surface area contributed by atoms with Crippen molar-refractivity contribution in [2.75, 3.05) is 0 Å². The van der Waals surface area contributed by atoms with E-state index < -0.39 is 6.10 Å². The molecule has 0 radical (unpaired) electrons. The van der Waals surface area contributed by atoms with Gasteiger partial charge in [-0.25, -0.2) is 0 Å². The molecule has 0 bridgehead atoms. The lowest BCUT2D eigenvalue weighted by Gasteiger charge is -2.56. The first-order chi connectivity index (χ1) is 12.8. The molecule has 2 aliphatic rings. The third-order valence-corrected chi connectivity index (χ3v) is 7.18. The van der Waals surface area contributed by atoms with Crippen LogP contribution < -0.4 is 0 Å². The Morgan fingerprint density at radius 3 is 2.59 bits per heavy atom. The molecule has 1 fully saturated rings. The van der Waals surface area contributed by atoms with E-state index in [1.54, 1.807) is 0 Å². The van der Waals surface area contributed by atoms with Gasteiger partial charge in [-0.3, -0.25) is 9.59 Å². The second-order valence-corrected chi connectivity index (χ2v) is 9.30. The number of carbonyl (C=O) groups is 2. The van der Waals surface area contributed by atoms with E-state index in [4.69, 9.17) is 4.74 Å². The molecule has 3 rings (SSSR count). The van der Waals surface area contributed by atoms with Crippen LogP contribution >= 0.6 is 0 Å². The lowest BCUT2D eigenvalue weighted by atomic mass is 9.48. The zero-order valence-electron chi connectivity index (χ0n) is 17.0. The van der Waals surface area contributed by atoms with E-state index in [-0.39, 0.29) is 17.3 Å². The largest absolute Gasteiger partial charge is 0.450 e. The van der Waals surface area contributed by atoms with Crippen molar-refractivity contribution in [1.29, 1.82) is 0 Å². The lowest BCUT2D eigenvalue weighted by Crippen LogP contribution is -2.49. The minimum Gasteiger partial charge on any atom is -0.450 e. The summed E-state index contributed by atoms with van der Waals surface area (Å²) in [6.45, 7) is 9.25. The molecule has 0 aromatic heterocycles. The summed E-state index contributed by atoms with van der Waals surface area (Å²) < 4.78 is 5.58. The molecule has 1 saturated carbocycles. The number of esters is 1. The summed E-state index contributed by atoms with van der Waals surface area (Å²) in [4.78, 5) is 24.3. The first-order valence-corrected chi connectivity index (χ1v) is 10.1. The van der Waals surface area contributed by atoms with Crippen LogP contribution in [0.15, 0.2) is 42.0 Å². The van der Waals surface area contributed by atoms with Gasteiger partial charge in [-0.2, -0.15) is 0 Å². The van der Waals surface area contributed by atoms with Gasteiger partial charge < -0.3 is 4.74 Å². The SMILES string of the molecule is CC1=CCC2C(C)(C)CCC[C@]2(C)C1CC(=O)O[C@@H](C=O)c1ccccc1. The minimum absolute atomic E-state index is 0.114. The number of fused-ring (bicyclic) bond motifs is 1. The summed E-state index contributed by atoms with van der Waals surface area (Å²) >= 11 is 0. The van der Waals surface area contributed by atoms with Crippen LogP contribution in [-0.2, 0) is 14.3 Å². The number of rotatable bonds is 5. The predicted octanol–water partition coefficient (Wildman–Crippen LogP) is 5.66. The molecule has 0 heterocycles. The van der Waals surface area contributed by atoms with Gasteiger partial charge in [-0.15, -0.1) is 0 Å². The Hall–Kier alpha value is -1.90. The predicted molar refractivity (Wildman–Crippen MR) is 107 cm³/mol. The van der Waals surface area contributed by atoms with Crippen LogP contribution in [0.3, 0.4) is 0 Å². The molecule has 27 heavy (non-hydrogen) atoms. The van der Waals surface area contributed by atoms with Crippen molar-refractivity contribution in [1.82, 2.24) is 0 Å². The van der Waals surface area contributed by atoms with Crippen LogP contribution in [0.1, 0.15) is 71.5 Å². The maximum Gasteiger partial charge on any atom is 0.307 e. The van der Waals surface area contributed by atoms with Crippen molar-refractivity contribution in [2.45, 2.75) is 65.9 Å². The van der Waals surface area contributed by atoms with Crippen molar-refractivity contribution in [3.05, 3.63) is 47.5 Å². The third kappa shape index (κ3) is 3.88. The molecule has 0 N–H and O–H groups in total. The van der Waals surface area contributed by atoms with Gasteiger partial charge in [0.1, 0.15) is 0 Å². The van der Waals surface area contributed by atoms with E-state index in [0.717, 1.165) is 18.4 Å². The molecule has 1 aromatic rings. The number of hydrogen-bond acceptors (Lipinski definition) is 3. The molecule has 3 nitrogen and oxygen atoms in total. The first kappa shape index (κ1) is 19.9. The van der Waals surface area contributed by atoms with E-state index in [1.165, 1.54) is 18.4 Å². The molecular formula is C24H32O3. The number of hydrogen-bond donors (Lipinski definition) is 0. The molecule has 146 valence electrons. The van der Waals surface area contributed by atoms with Gasteiger partial charge in [0.15, 0.2) is 12.4 Å². The maximum atomic E-state index is 12.8. The molecular weight excluding hydrogens is 336 g/mol. The zero-order chi connectivity index (χ0) is 19.7.